The molecule has 0 unspecified atom stereocenters. The number of nitrogens with one attached hydrogen (secondary N) is 2. The third-order valence-corrected chi connectivity index (χ3v) is 1.47. The Morgan fingerprint density at radius 1 is 1.25 bits per heavy atom. The molecule has 0 fully saturated rings. The number of amides is 2. The van der Waals surface area contributed by atoms with Crippen LogP contribution in [0.2, 0.25) is 0 Å². The van der Waals surface area contributed by atoms with E-state index in [0.717, 1.165) is 0 Å². The first-order valence-corrected chi connectivity index (χ1v) is 3.87. The fourth-order valence-electron chi connectivity index (χ4n) is 0.514. The highest BCUT2D eigenvalue weighted by Crippen LogP contribution is 2.13. The smallest absolute Gasteiger partial charge is 0.314 e. The fourth-order valence-corrected chi connectivity index (χ4v) is 0.514. The second-order valence-electron chi connectivity index (χ2n) is 3.61. The van der Waals surface area contributed by atoms with Crippen molar-refractivity contribution in [2.75, 3.05) is 13.6 Å². The van der Waals surface area contributed by atoms with Crippen molar-refractivity contribution >= 4 is 11.8 Å². The molecule has 0 heterocycles. The van der Waals surface area contributed by atoms with Gasteiger partial charge in [-0.2, -0.15) is 0 Å². The number of hydrogen-bond donors (Lipinski definition) is 2. The van der Waals surface area contributed by atoms with Gasteiger partial charge in [0, 0.05) is 12.5 Å². The van der Waals surface area contributed by atoms with Crippen LogP contribution in [0.4, 0.5) is 4.79 Å². The van der Waals surface area contributed by atoms with Gasteiger partial charge in [0.2, 0.25) is 0 Å². The summed E-state index contributed by atoms with van der Waals surface area (Å²) < 4.78 is 0. The molecule has 4 nitrogen and oxygen atoms in total. The first-order valence-electron chi connectivity index (χ1n) is 3.87. The fraction of sp³-hybridized carbons (Fsp3) is 0.750. The molecule has 4 heteroatoms. The lowest BCUT2D eigenvalue weighted by Crippen LogP contribution is -2.39. The summed E-state index contributed by atoms with van der Waals surface area (Å²) in [5.41, 5.74) is -0.388. The highest BCUT2D eigenvalue weighted by atomic mass is 16.2. The molecule has 0 radical (unpaired) electrons. The van der Waals surface area contributed by atoms with E-state index in [1.807, 2.05) is 20.8 Å². The van der Waals surface area contributed by atoms with Crippen LogP contribution >= 0.6 is 0 Å². The molecule has 0 aliphatic carbocycles. The van der Waals surface area contributed by atoms with E-state index < -0.39 is 0 Å². The molecule has 0 aromatic carbocycles. The standard InChI is InChI=1S/C8H16N2O2/c1-8(2,3)6(11)5-10-7(12)9-4/h5H2,1-4H3,(H2,9,10,12). The van der Waals surface area contributed by atoms with Gasteiger partial charge in [-0.3, -0.25) is 4.79 Å². The summed E-state index contributed by atoms with van der Waals surface area (Å²) in [6.07, 6.45) is 0. The van der Waals surface area contributed by atoms with Gasteiger partial charge in [-0.05, 0) is 0 Å². The summed E-state index contributed by atoms with van der Waals surface area (Å²) in [4.78, 5) is 21.9. The minimum absolute atomic E-state index is 0.0195. The van der Waals surface area contributed by atoms with Crippen molar-refractivity contribution < 1.29 is 9.59 Å². The lowest BCUT2D eigenvalue weighted by Gasteiger charge is -2.16. The molecular weight excluding hydrogens is 156 g/mol. The van der Waals surface area contributed by atoms with Crippen LogP contribution in [0, 0.1) is 5.41 Å². The topological polar surface area (TPSA) is 58.2 Å². The van der Waals surface area contributed by atoms with Crippen molar-refractivity contribution in [2.45, 2.75) is 20.8 Å². The summed E-state index contributed by atoms with van der Waals surface area (Å²) in [7, 11) is 1.51. The summed E-state index contributed by atoms with van der Waals surface area (Å²) >= 11 is 0. The Balaban J connectivity index is 3.81. The molecule has 0 aromatic rings. The van der Waals surface area contributed by atoms with Crippen molar-refractivity contribution in [1.29, 1.82) is 0 Å². The van der Waals surface area contributed by atoms with Crippen LogP contribution in [-0.4, -0.2) is 25.4 Å². The quantitative estimate of drug-likeness (QED) is 0.638. The molecule has 2 amide bonds. The minimum Gasteiger partial charge on any atom is -0.341 e. The molecule has 0 bridgehead atoms. The zero-order valence-corrected chi connectivity index (χ0v) is 8.02. The first kappa shape index (κ1) is 10.9. The van der Waals surface area contributed by atoms with E-state index >= 15 is 0 Å². The molecule has 12 heavy (non-hydrogen) atoms. The van der Waals surface area contributed by atoms with Crippen LogP contribution in [0.5, 0.6) is 0 Å². The van der Waals surface area contributed by atoms with Gasteiger partial charge in [-0.25, -0.2) is 4.79 Å². The van der Waals surface area contributed by atoms with Gasteiger partial charge in [-0.15, -0.1) is 0 Å². The van der Waals surface area contributed by atoms with Gasteiger partial charge in [0.1, 0.15) is 0 Å². The predicted octanol–water partition coefficient (Wildman–Crippen LogP) is 0.531. The Hall–Kier alpha value is -1.06. The van der Waals surface area contributed by atoms with Gasteiger partial charge in [0.25, 0.3) is 0 Å². The van der Waals surface area contributed by atoms with Gasteiger partial charge >= 0.3 is 6.03 Å². The number of hydrogen-bond acceptors (Lipinski definition) is 2. The molecule has 0 aliphatic rings. The number of urea groups is 1. The third kappa shape index (κ3) is 3.95. The van der Waals surface area contributed by atoms with Gasteiger partial charge in [0.15, 0.2) is 5.78 Å². The number of carbonyl (C=O) groups excluding carboxylic acids is 2. The summed E-state index contributed by atoms with van der Waals surface area (Å²) in [5.74, 6) is 0.0195. The molecule has 0 aliphatic heterocycles. The summed E-state index contributed by atoms with van der Waals surface area (Å²) in [5, 5.41) is 4.81. The normalized spacial score (nSPS) is 10.7. The highest BCUT2D eigenvalue weighted by Gasteiger charge is 2.20. The molecule has 2 N–H and O–H groups in total. The third-order valence-electron chi connectivity index (χ3n) is 1.47. The number of rotatable bonds is 2. The van der Waals surface area contributed by atoms with Crippen molar-refractivity contribution in [3.63, 3.8) is 0 Å². The van der Waals surface area contributed by atoms with E-state index in [2.05, 4.69) is 10.6 Å². The Kier molecular flexibility index (Phi) is 3.73. The summed E-state index contributed by atoms with van der Waals surface area (Å²) in [6, 6.07) is -0.326. The molecule has 0 saturated carbocycles. The Bertz CT molecular complexity index is 182. The zero-order chi connectivity index (χ0) is 9.78. The Morgan fingerprint density at radius 2 is 1.75 bits per heavy atom. The maximum Gasteiger partial charge on any atom is 0.314 e. The van der Waals surface area contributed by atoms with Gasteiger partial charge in [0.05, 0.1) is 6.54 Å². The number of ketones is 1. The second-order valence-corrected chi connectivity index (χ2v) is 3.61. The molecule has 0 rings (SSSR count). The lowest BCUT2D eigenvalue weighted by molar-refractivity contribution is -0.125. The maximum absolute atomic E-state index is 11.2. The lowest BCUT2D eigenvalue weighted by atomic mass is 9.91. The monoisotopic (exact) mass is 172 g/mol. The number of Topliss-reactive ketones (excluding diaryl/α,β-unsaturated/α-hetero) is 1. The maximum atomic E-state index is 11.2. The first-order chi connectivity index (χ1) is 5.38. The minimum atomic E-state index is -0.388. The van der Waals surface area contributed by atoms with Crippen molar-refractivity contribution in [3.05, 3.63) is 0 Å². The summed E-state index contributed by atoms with van der Waals surface area (Å²) in [6.45, 7) is 5.55. The molecule has 0 spiro atoms. The van der Waals surface area contributed by atoms with E-state index in [1.165, 1.54) is 7.05 Å². The predicted molar refractivity (Wildman–Crippen MR) is 46.9 cm³/mol. The number of carbonyl (C=O) groups is 2. The average molecular weight is 172 g/mol. The Morgan fingerprint density at radius 3 is 2.08 bits per heavy atom. The van der Waals surface area contributed by atoms with Crippen molar-refractivity contribution in [3.8, 4) is 0 Å². The Labute approximate surface area is 72.7 Å². The second kappa shape index (κ2) is 4.09. The molecule has 0 saturated heterocycles. The SMILES string of the molecule is CNC(=O)NCC(=O)C(C)(C)C. The molecule has 0 atom stereocenters. The van der Waals surface area contributed by atoms with Crippen molar-refractivity contribution in [2.24, 2.45) is 5.41 Å². The molecular formula is C8H16N2O2. The van der Waals surface area contributed by atoms with Crippen LogP contribution in [-0.2, 0) is 4.79 Å². The van der Waals surface area contributed by atoms with Crippen LogP contribution < -0.4 is 10.6 Å². The largest absolute Gasteiger partial charge is 0.341 e. The van der Waals surface area contributed by atoms with Crippen LogP contribution in [0.3, 0.4) is 0 Å². The highest BCUT2D eigenvalue weighted by molar-refractivity contribution is 5.88. The molecule has 0 aromatic heterocycles. The van der Waals surface area contributed by atoms with E-state index in [4.69, 9.17) is 0 Å². The van der Waals surface area contributed by atoms with Gasteiger partial charge < -0.3 is 10.6 Å². The average Bonchev–Trinajstić information content (AvgIpc) is 1.97. The van der Waals surface area contributed by atoms with Gasteiger partial charge in [-0.1, -0.05) is 20.8 Å². The van der Waals surface area contributed by atoms with Crippen molar-refractivity contribution in [1.82, 2.24) is 10.6 Å². The van der Waals surface area contributed by atoms with E-state index in [0.29, 0.717) is 0 Å². The van der Waals surface area contributed by atoms with Crippen LogP contribution in [0.15, 0.2) is 0 Å². The molecule has 70 valence electrons. The van der Waals surface area contributed by atoms with Crippen LogP contribution in [0.25, 0.3) is 0 Å². The van der Waals surface area contributed by atoms with Crippen LogP contribution in [0.1, 0.15) is 20.8 Å². The van der Waals surface area contributed by atoms with E-state index in [9.17, 15) is 9.59 Å². The van der Waals surface area contributed by atoms with E-state index in [-0.39, 0.29) is 23.8 Å². The van der Waals surface area contributed by atoms with E-state index in [1.54, 1.807) is 0 Å². The zero-order valence-electron chi connectivity index (χ0n) is 8.02.